The Labute approximate surface area is 76.8 Å². The predicted octanol–water partition coefficient (Wildman–Crippen LogP) is 1.65. The summed E-state index contributed by atoms with van der Waals surface area (Å²) in [5.41, 5.74) is 7.72. The minimum atomic E-state index is 0.369. The number of thioether (sulfide) groups is 1. The van der Waals surface area contributed by atoms with Gasteiger partial charge in [0.05, 0.1) is 0 Å². The van der Waals surface area contributed by atoms with Gasteiger partial charge in [0.25, 0.3) is 0 Å². The van der Waals surface area contributed by atoms with Crippen LogP contribution in [0.4, 0.5) is 5.95 Å². The van der Waals surface area contributed by atoms with E-state index in [2.05, 4.69) is 16.9 Å². The maximum absolute atomic E-state index is 5.52. The van der Waals surface area contributed by atoms with Gasteiger partial charge in [-0.15, -0.1) is 11.8 Å². The molecule has 1 aromatic rings. The summed E-state index contributed by atoms with van der Waals surface area (Å²) < 4.78 is 0. The fourth-order valence-corrected chi connectivity index (χ4v) is 1.89. The van der Waals surface area contributed by atoms with E-state index in [0.29, 0.717) is 5.95 Å². The number of hydrogen-bond donors (Lipinski definition) is 1. The van der Waals surface area contributed by atoms with Crippen LogP contribution in [-0.4, -0.2) is 16.2 Å². The summed E-state index contributed by atoms with van der Waals surface area (Å²) in [5.74, 6) is 0.369. The fourth-order valence-electron chi connectivity index (χ4n) is 1.17. The summed E-state index contributed by atoms with van der Waals surface area (Å²) in [6, 6.07) is 0. The molecule has 0 bridgehead atoms. The Balaban J connectivity index is 3.24. The first-order valence-corrected chi connectivity index (χ1v) is 5.08. The molecule has 0 spiro atoms. The highest BCUT2D eigenvalue weighted by Gasteiger charge is 2.06. The van der Waals surface area contributed by atoms with Gasteiger partial charge >= 0.3 is 0 Å². The third-order valence-electron chi connectivity index (χ3n) is 1.74. The number of aryl methyl sites for hydroxylation is 1. The van der Waals surface area contributed by atoms with Crippen LogP contribution in [0.5, 0.6) is 0 Å². The topological polar surface area (TPSA) is 51.8 Å². The molecule has 0 aliphatic rings. The molecule has 0 fully saturated rings. The quantitative estimate of drug-likeness (QED) is 0.559. The highest BCUT2D eigenvalue weighted by Crippen LogP contribution is 2.21. The lowest BCUT2D eigenvalue weighted by atomic mass is 10.2. The highest BCUT2D eigenvalue weighted by molar-refractivity contribution is 7.98. The first-order valence-electron chi connectivity index (χ1n) is 3.86. The number of rotatable bonds is 2. The van der Waals surface area contributed by atoms with Crippen LogP contribution in [0.1, 0.15) is 18.2 Å². The van der Waals surface area contributed by atoms with Gasteiger partial charge in [0.2, 0.25) is 5.95 Å². The van der Waals surface area contributed by atoms with E-state index in [-0.39, 0.29) is 0 Å². The summed E-state index contributed by atoms with van der Waals surface area (Å²) in [7, 11) is 0. The van der Waals surface area contributed by atoms with Gasteiger partial charge in [-0.25, -0.2) is 9.97 Å². The molecule has 1 rings (SSSR count). The van der Waals surface area contributed by atoms with Crippen molar-refractivity contribution in [3.8, 4) is 0 Å². The van der Waals surface area contributed by atoms with Gasteiger partial charge in [-0.05, 0) is 19.6 Å². The third kappa shape index (κ3) is 1.69. The van der Waals surface area contributed by atoms with E-state index in [4.69, 9.17) is 5.73 Å². The molecule has 0 aromatic carbocycles. The van der Waals surface area contributed by atoms with Crippen LogP contribution < -0.4 is 5.73 Å². The SMILES string of the molecule is CCc1c(C)nc(N)nc1SC. The minimum absolute atomic E-state index is 0.369. The van der Waals surface area contributed by atoms with E-state index < -0.39 is 0 Å². The van der Waals surface area contributed by atoms with Crippen LogP contribution in [0.3, 0.4) is 0 Å². The molecule has 0 aliphatic heterocycles. The van der Waals surface area contributed by atoms with Crippen molar-refractivity contribution in [3.05, 3.63) is 11.3 Å². The van der Waals surface area contributed by atoms with E-state index >= 15 is 0 Å². The zero-order valence-corrected chi connectivity index (χ0v) is 8.40. The van der Waals surface area contributed by atoms with Gasteiger partial charge in [0, 0.05) is 11.3 Å². The van der Waals surface area contributed by atoms with Crippen LogP contribution in [0.25, 0.3) is 0 Å². The molecule has 0 saturated carbocycles. The molecule has 66 valence electrons. The van der Waals surface area contributed by atoms with Gasteiger partial charge in [0.1, 0.15) is 5.03 Å². The minimum Gasteiger partial charge on any atom is -0.368 e. The van der Waals surface area contributed by atoms with E-state index in [0.717, 1.165) is 17.1 Å². The van der Waals surface area contributed by atoms with Crippen molar-refractivity contribution < 1.29 is 0 Å². The van der Waals surface area contributed by atoms with Crippen molar-refractivity contribution in [1.29, 1.82) is 0 Å². The number of nitrogen functional groups attached to an aromatic ring is 1. The number of nitrogens with two attached hydrogens (primary N) is 1. The molecule has 0 saturated heterocycles. The molecule has 0 amide bonds. The average molecular weight is 183 g/mol. The van der Waals surface area contributed by atoms with Crippen LogP contribution in [0, 0.1) is 6.92 Å². The lowest BCUT2D eigenvalue weighted by molar-refractivity contribution is 0.922. The predicted molar refractivity (Wildman–Crippen MR) is 52.3 cm³/mol. The first kappa shape index (κ1) is 9.32. The molecular weight excluding hydrogens is 170 g/mol. The number of nitrogens with zero attached hydrogens (tertiary/aromatic N) is 2. The van der Waals surface area contributed by atoms with Crippen LogP contribution in [0.2, 0.25) is 0 Å². The van der Waals surface area contributed by atoms with Gasteiger partial charge in [-0.3, -0.25) is 0 Å². The molecule has 1 aromatic heterocycles. The lowest BCUT2D eigenvalue weighted by Gasteiger charge is -2.07. The maximum atomic E-state index is 5.52. The van der Waals surface area contributed by atoms with E-state index in [9.17, 15) is 0 Å². The van der Waals surface area contributed by atoms with Crippen LogP contribution >= 0.6 is 11.8 Å². The summed E-state index contributed by atoms with van der Waals surface area (Å²) in [6.45, 7) is 4.07. The van der Waals surface area contributed by atoms with Crippen molar-refractivity contribution >= 4 is 17.7 Å². The van der Waals surface area contributed by atoms with Crippen LogP contribution in [-0.2, 0) is 6.42 Å². The lowest BCUT2D eigenvalue weighted by Crippen LogP contribution is -2.02. The van der Waals surface area contributed by atoms with Crippen molar-refractivity contribution in [1.82, 2.24) is 9.97 Å². The Hall–Kier alpha value is -0.770. The van der Waals surface area contributed by atoms with Gasteiger partial charge in [0.15, 0.2) is 0 Å². The summed E-state index contributed by atoms with van der Waals surface area (Å²) in [6.07, 6.45) is 2.96. The Kier molecular flexibility index (Phi) is 2.92. The molecule has 4 heteroatoms. The van der Waals surface area contributed by atoms with Crippen molar-refractivity contribution in [2.75, 3.05) is 12.0 Å². The van der Waals surface area contributed by atoms with Crippen molar-refractivity contribution in [2.45, 2.75) is 25.3 Å². The van der Waals surface area contributed by atoms with E-state index in [1.807, 2.05) is 13.2 Å². The standard InChI is InChI=1S/C8H13N3S/c1-4-6-5(2)10-8(9)11-7(6)12-3/h4H2,1-3H3,(H2,9,10,11). The van der Waals surface area contributed by atoms with Gasteiger partial charge in [-0.2, -0.15) is 0 Å². The zero-order chi connectivity index (χ0) is 9.14. The Morgan fingerprint density at radius 3 is 2.58 bits per heavy atom. The zero-order valence-electron chi connectivity index (χ0n) is 7.59. The van der Waals surface area contributed by atoms with E-state index in [1.165, 1.54) is 5.56 Å². The van der Waals surface area contributed by atoms with Crippen molar-refractivity contribution in [3.63, 3.8) is 0 Å². The third-order valence-corrected chi connectivity index (χ3v) is 2.46. The summed E-state index contributed by atoms with van der Waals surface area (Å²) in [5, 5.41) is 1.00. The highest BCUT2D eigenvalue weighted by atomic mass is 32.2. The summed E-state index contributed by atoms with van der Waals surface area (Å²) >= 11 is 1.62. The van der Waals surface area contributed by atoms with Crippen molar-refractivity contribution in [2.24, 2.45) is 0 Å². The van der Waals surface area contributed by atoms with Gasteiger partial charge in [-0.1, -0.05) is 6.92 Å². The number of anilines is 1. The Bertz CT molecular complexity index is 286. The van der Waals surface area contributed by atoms with Gasteiger partial charge < -0.3 is 5.73 Å². The molecular formula is C8H13N3S. The average Bonchev–Trinajstić information content (AvgIpc) is 2.03. The molecule has 12 heavy (non-hydrogen) atoms. The normalized spacial score (nSPS) is 10.2. The molecule has 2 N–H and O–H groups in total. The summed E-state index contributed by atoms with van der Waals surface area (Å²) in [4.78, 5) is 8.26. The second kappa shape index (κ2) is 3.76. The Morgan fingerprint density at radius 1 is 1.42 bits per heavy atom. The first-order chi connectivity index (χ1) is 5.69. The smallest absolute Gasteiger partial charge is 0.221 e. The second-order valence-electron chi connectivity index (χ2n) is 2.51. The molecule has 0 aliphatic carbocycles. The van der Waals surface area contributed by atoms with Crippen LogP contribution in [0.15, 0.2) is 5.03 Å². The fraction of sp³-hybridized carbons (Fsp3) is 0.500. The maximum Gasteiger partial charge on any atom is 0.221 e. The molecule has 1 heterocycles. The molecule has 0 unspecified atom stereocenters. The second-order valence-corrected chi connectivity index (χ2v) is 3.30. The Morgan fingerprint density at radius 2 is 2.08 bits per heavy atom. The number of aromatic nitrogens is 2. The molecule has 3 nitrogen and oxygen atoms in total. The largest absolute Gasteiger partial charge is 0.368 e. The molecule has 0 atom stereocenters. The monoisotopic (exact) mass is 183 g/mol. The van der Waals surface area contributed by atoms with E-state index in [1.54, 1.807) is 11.8 Å². The number of hydrogen-bond acceptors (Lipinski definition) is 4. The molecule has 0 radical (unpaired) electrons.